The topological polar surface area (TPSA) is 136 Å². The first-order valence-electron chi connectivity index (χ1n) is 10.5. The Morgan fingerprint density at radius 3 is 2.53 bits per heavy atom. The Hall–Kier alpha value is -2.14. The highest BCUT2D eigenvalue weighted by Crippen LogP contribution is 2.50. The van der Waals surface area contributed by atoms with E-state index in [1.165, 1.54) is 18.3 Å². The lowest BCUT2D eigenvalue weighted by Gasteiger charge is -2.50. The molecule has 0 aliphatic carbocycles. The van der Waals surface area contributed by atoms with Crippen molar-refractivity contribution in [3.63, 3.8) is 0 Å². The molecule has 2 aromatic heterocycles. The van der Waals surface area contributed by atoms with Gasteiger partial charge in [-0.1, -0.05) is 23.2 Å². The normalized spacial score (nSPS) is 26.1. The molecule has 0 aromatic carbocycles. The number of hydrogen-bond donors (Lipinski definition) is 3. The van der Waals surface area contributed by atoms with Crippen LogP contribution in [0, 0.1) is 5.82 Å². The highest BCUT2D eigenvalue weighted by Gasteiger charge is 2.59. The molecule has 0 radical (unpaired) electrons. The number of nitrogens with two attached hydrogens (primary N) is 2. The van der Waals surface area contributed by atoms with Crippen LogP contribution in [0.4, 0.5) is 10.2 Å². The fourth-order valence-corrected chi connectivity index (χ4v) is 6.68. The van der Waals surface area contributed by atoms with Gasteiger partial charge in [0.2, 0.25) is 0 Å². The summed E-state index contributed by atoms with van der Waals surface area (Å²) in [6.45, 7) is 7.28. The molecule has 0 saturated carbocycles. The number of anilines is 1. The molecule has 2 aromatic rings. The number of carbonyl (C=O) groups excluding carboxylic acids is 1. The lowest BCUT2D eigenvalue weighted by molar-refractivity contribution is 0.102. The Balaban J connectivity index is 2.10. The van der Waals surface area contributed by atoms with Gasteiger partial charge in [0.25, 0.3) is 5.91 Å². The minimum atomic E-state index is -1.56. The van der Waals surface area contributed by atoms with Gasteiger partial charge in [0.1, 0.15) is 34.4 Å². The summed E-state index contributed by atoms with van der Waals surface area (Å²) < 4.78 is 27.0. The van der Waals surface area contributed by atoms with Crippen molar-refractivity contribution in [1.29, 1.82) is 0 Å². The van der Waals surface area contributed by atoms with E-state index in [0.29, 0.717) is 19.4 Å². The van der Waals surface area contributed by atoms with Crippen molar-refractivity contribution in [3.05, 3.63) is 51.6 Å². The van der Waals surface area contributed by atoms with Gasteiger partial charge in [-0.2, -0.15) is 0 Å². The fraction of sp³-hybridized carbons (Fsp3) is 0.455. The molecule has 3 rings (SSSR count). The molecule has 3 atom stereocenters. The second-order valence-electron chi connectivity index (χ2n) is 8.94. The van der Waals surface area contributed by atoms with Gasteiger partial charge in [-0.05, 0) is 65.3 Å². The number of pyridine rings is 2. The second kappa shape index (κ2) is 9.49. The summed E-state index contributed by atoms with van der Waals surface area (Å²) in [6.07, 6.45) is 2.23. The summed E-state index contributed by atoms with van der Waals surface area (Å²) in [5.74, 6) is -1.15. The Bertz CT molecular complexity index is 1190. The van der Waals surface area contributed by atoms with E-state index in [9.17, 15) is 9.00 Å². The van der Waals surface area contributed by atoms with Crippen molar-refractivity contribution in [3.8, 4) is 0 Å². The van der Waals surface area contributed by atoms with Gasteiger partial charge in [0, 0.05) is 17.0 Å². The van der Waals surface area contributed by atoms with Crippen LogP contribution in [0.3, 0.4) is 0 Å². The quantitative estimate of drug-likeness (QED) is 0.521. The average molecular weight is 529 g/mol. The zero-order valence-corrected chi connectivity index (χ0v) is 21.6. The molecular formula is C22H27Cl2FN6O2S. The zero-order chi connectivity index (χ0) is 25.5. The van der Waals surface area contributed by atoms with E-state index in [-0.39, 0.29) is 33.1 Å². The molecule has 0 spiro atoms. The first-order chi connectivity index (χ1) is 15.8. The van der Waals surface area contributed by atoms with Gasteiger partial charge in [-0.15, -0.1) is 0 Å². The average Bonchev–Trinajstić information content (AvgIpc) is 2.76. The van der Waals surface area contributed by atoms with Gasteiger partial charge < -0.3 is 16.8 Å². The van der Waals surface area contributed by atoms with E-state index >= 15 is 4.39 Å². The lowest BCUT2D eigenvalue weighted by atomic mass is 9.79. The highest BCUT2D eigenvalue weighted by molar-refractivity contribution is 7.88. The van der Waals surface area contributed by atoms with E-state index in [0.717, 1.165) is 6.07 Å². The third-order valence-electron chi connectivity index (χ3n) is 6.29. The van der Waals surface area contributed by atoms with Gasteiger partial charge in [-0.25, -0.2) is 14.4 Å². The van der Waals surface area contributed by atoms with E-state index < -0.39 is 37.6 Å². The smallest absolute Gasteiger partial charge is 0.276 e. The summed E-state index contributed by atoms with van der Waals surface area (Å²) in [6, 6.07) is 3.85. The molecule has 0 bridgehead atoms. The van der Waals surface area contributed by atoms with Gasteiger partial charge in [0.15, 0.2) is 0 Å². The van der Waals surface area contributed by atoms with Crippen molar-refractivity contribution < 1.29 is 13.4 Å². The van der Waals surface area contributed by atoms with Crippen molar-refractivity contribution in [2.75, 3.05) is 11.9 Å². The van der Waals surface area contributed by atoms with Gasteiger partial charge in [-0.3, -0.25) is 14.0 Å². The fourth-order valence-electron chi connectivity index (χ4n) is 4.02. The first-order valence-corrected chi connectivity index (χ1v) is 12.5. The Kier molecular flexibility index (Phi) is 7.38. The van der Waals surface area contributed by atoms with Crippen LogP contribution in [0.25, 0.3) is 0 Å². The number of aliphatic imine (C=N–C) groups is 1. The van der Waals surface area contributed by atoms with Crippen LogP contribution < -0.4 is 16.8 Å². The molecule has 1 aliphatic heterocycles. The number of aromatic nitrogens is 2. The third kappa shape index (κ3) is 4.44. The maximum Gasteiger partial charge on any atom is 0.276 e. The molecule has 5 N–H and O–H groups in total. The van der Waals surface area contributed by atoms with Crippen LogP contribution >= 0.6 is 23.2 Å². The molecule has 12 heteroatoms. The predicted octanol–water partition coefficient (Wildman–Crippen LogP) is 3.79. The molecule has 0 saturated heterocycles. The van der Waals surface area contributed by atoms with E-state index in [4.69, 9.17) is 34.7 Å². The van der Waals surface area contributed by atoms with Gasteiger partial charge in [0.05, 0.1) is 19.5 Å². The van der Waals surface area contributed by atoms with E-state index in [2.05, 4.69) is 20.3 Å². The summed E-state index contributed by atoms with van der Waals surface area (Å²) in [5, 5.41) is 2.90. The number of nitrogens with one attached hydrogen (secondary N) is 1. The molecule has 3 heterocycles. The molecular weight excluding hydrogens is 502 g/mol. The number of amidine groups is 1. The predicted molar refractivity (Wildman–Crippen MR) is 134 cm³/mol. The number of amides is 1. The van der Waals surface area contributed by atoms with E-state index in [1.807, 2.05) is 0 Å². The first kappa shape index (κ1) is 26.5. The standard InChI is InChI=1S/C22H27Cl2FN6O2S/c1-20(2)19(27)31-22(4,21(3,34(20)33)8-5-9-26)17-14(25)6-7-15(29-17)30-18(32)16-13(24)10-12(23)11-28-16/h6-7,10-11H,5,8-9,26H2,1-4H3,(H2,27,31)(H,29,30,32)/t21-,22-,34+/m1/s1. The monoisotopic (exact) mass is 528 g/mol. The minimum absolute atomic E-state index is 0.0426. The van der Waals surface area contributed by atoms with Crippen LogP contribution in [0.5, 0.6) is 0 Å². The van der Waals surface area contributed by atoms with Crippen LogP contribution in [-0.4, -0.2) is 42.0 Å². The minimum Gasteiger partial charge on any atom is -0.386 e. The molecule has 1 aliphatic rings. The molecule has 34 heavy (non-hydrogen) atoms. The van der Waals surface area contributed by atoms with Crippen LogP contribution in [-0.2, 0) is 16.3 Å². The maximum atomic E-state index is 15.2. The Labute approximate surface area is 210 Å². The maximum absolute atomic E-state index is 15.2. The number of nitrogens with zero attached hydrogens (tertiary/aromatic N) is 3. The number of hydrogen-bond acceptors (Lipinski definition) is 7. The van der Waals surface area contributed by atoms with Crippen molar-refractivity contribution in [2.45, 2.75) is 55.6 Å². The Morgan fingerprint density at radius 2 is 1.91 bits per heavy atom. The number of carbonyl (C=O) groups is 1. The van der Waals surface area contributed by atoms with Crippen LogP contribution in [0.15, 0.2) is 29.4 Å². The van der Waals surface area contributed by atoms with Crippen molar-refractivity contribution in [2.24, 2.45) is 16.5 Å². The SMILES string of the molecule is CC1(C)C(N)=N[C@](C)(c2nc(NC(=O)c3ncc(Cl)cc3Cl)ccc2F)[C@@](C)(CCCN)[S@]1=O. The summed E-state index contributed by atoms with van der Waals surface area (Å²) in [5.41, 5.74) is 10.4. The third-order valence-corrected chi connectivity index (χ3v) is 9.34. The summed E-state index contributed by atoms with van der Waals surface area (Å²) in [4.78, 5) is 25.7. The molecule has 8 nitrogen and oxygen atoms in total. The zero-order valence-electron chi connectivity index (χ0n) is 19.3. The molecule has 0 unspecified atom stereocenters. The van der Waals surface area contributed by atoms with Crippen molar-refractivity contribution >= 4 is 51.6 Å². The number of rotatable bonds is 6. The molecule has 0 fully saturated rings. The highest BCUT2D eigenvalue weighted by atomic mass is 35.5. The molecule has 1 amide bonds. The van der Waals surface area contributed by atoms with Crippen molar-refractivity contribution in [1.82, 2.24) is 9.97 Å². The van der Waals surface area contributed by atoms with E-state index in [1.54, 1.807) is 27.7 Å². The van der Waals surface area contributed by atoms with Gasteiger partial charge >= 0.3 is 0 Å². The number of halogens is 3. The van der Waals surface area contributed by atoms with Crippen LogP contribution in [0.2, 0.25) is 10.0 Å². The lowest BCUT2D eigenvalue weighted by Crippen LogP contribution is -2.63. The summed E-state index contributed by atoms with van der Waals surface area (Å²) >= 11 is 11.9. The Morgan fingerprint density at radius 1 is 1.24 bits per heavy atom. The second-order valence-corrected chi connectivity index (χ2v) is 12.2. The molecule has 184 valence electrons. The largest absolute Gasteiger partial charge is 0.386 e. The summed E-state index contributed by atoms with van der Waals surface area (Å²) in [7, 11) is -1.56. The van der Waals surface area contributed by atoms with Crippen LogP contribution in [0.1, 0.15) is 56.7 Å².